The van der Waals surface area contributed by atoms with Crippen LogP contribution in [0.4, 0.5) is 26.5 Å². The fourth-order valence-corrected chi connectivity index (χ4v) is 5.19. The van der Waals surface area contributed by atoms with Gasteiger partial charge in [0.25, 0.3) is 0 Å². The zero-order chi connectivity index (χ0) is 31.2. The summed E-state index contributed by atoms with van der Waals surface area (Å²) >= 11 is 0. The number of halogens is 1. The van der Waals surface area contributed by atoms with E-state index >= 15 is 4.39 Å². The van der Waals surface area contributed by atoms with E-state index in [1.165, 1.54) is 12.7 Å². The second-order valence-corrected chi connectivity index (χ2v) is 12.3. The monoisotopic (exact) mass is 599 g/mol. The number of piperazine rings is 1. The van der Waals surface area contributed by atoms with Crippen LogP contribution < -0.4 is 15.0 Å². The third-order valence-electron chi connectivity index (χ3n) is 7.38. The number of carbonyl (C=O) groups excluding carboxylic acids is 1. The zero-order valence-corrected chi connectivity index (χ0v) is 25.5. The molecule has 1 aliphatic heterocycles. The first-order valence-electron chi connectivity index (χ1n) is 14.3. The van der Waals surface area contributed by atoms with Crippen molar-refractivity contribution < 1.29 is 18.7 Å². The first kappa shape index (κ1) is 29.0. The van der Waals surface area contributed by atoms with Crippen LogP contribution in [0.3, 0.4) is 0 Å². The lowest BCUT2D eigenvalue weighted by molar-refractivity contribution is 0.000312. The van der Waals surface area contributed by atoms with Crippen LogP contribution in [0.2, 0.25) is 0 Å². The number of carbonyl (C=O) groups is 1. The van der Waals surface area contributed by atoms with E-state index in [4.69, 9.17) is 14.5 Å². The van der Waals surface area contributed by atoms with Gasteiger partial charge in [-0.05, 0) is 71.9 Å². The van der Waals surface area contributed by atoms with Gasteiger partial charge in [0, 0.05) is 37.5 Å². The Morgan fingerprint density at radius 3 is 2.64 bits per heavy atom. The quantitative estimate of drug-likeness (QED) is 0.262. The van der Waals surface area contributed by atoms with Crippen molar-refractivity contribution in [3.63, 3.8) is 0 Å². The molecule has 5 heterocycles. The number of aromatic nitrogens is 6. The largest absolute Gasteiger partial charge is 0.457 e. The summed E-state index contributed by atoms with van der Waals surface area (Å²) in [6.07, 6.45) is 4.26. The molecule has 1 amide bonds. The van der Waals surface area contributed by atoms with Crippen molar-refractivity contribution >= 4 is 40.1 Å². The van der Waals surface area contributed by atoms with Crippen molar-refractivity contribution in [3.05, 3.63) is 66.6 Å². The number of hydrogen-bond donors (Lipinski definition) is 1. The molecule has 4 aromatic heterocycles. The van der Waals surface area contributed by atoms with E-state index in [0.29, 0.717) is 65.0 Å². The topological polar surface area (TPSA) is 123 Å². The Balaban J connectivity index is 1.23. The van der Waals surface area contributed by atoms with E-state index < -0.39 is 17.0 Å². The van der Waals surface area contributed by atoms with Crippen LogP contribution in [0.15, 0.2) is 55.2 Å². The predicted molar refractivity (Wildman–Crippen MR) is 164 cm³/mol. The number of amides is 1. The number of rotatable bonds is 5. The van der Waals surface area contributed by atoms with E-state index in [1.807, 2.05) is 46.8 Å². The van der Waals surface area contributed by atoms with Crippen LogP contribution in [-0.4, -0.2) is 71.3 Å². The standard InChI is InChI=1S/C31H34FN9O3/c1-19-23(43-20-11-12-41-25(15-20)34-18-36-41)9-7-21(26(19)32)37-28-27-22(33-17-35-28)8-10-24(38-27)39-13-14-40(31(5,6)16-39)29(42)44-30(2,3)4/h7-12,15,17-18H,13-14,16H2,1-6H3,(H,33,35,37). The van der Waals surface area contributed by atoms with Crippen LogP contribution in [0.25, 0.3) is 16.7 Å². The highest BCUT2D eigenvalue weighted by molar-refractivity contribution is 5.88. The van der Waals surface area contributed by atoms with Gasteiger partial charge in [-0.3, -0.25) is 4.90 Å². The summed E-state index contributed by atoms with van der Waals surface area (Å²) in [5, 5.41) is 7.18. The average molecular weight is 600 g/mol. The van der Waals surface area contributed by atoms with Crippen LogP contribution in [0.1, 0.15) is 40.2 Å². The smallest absolute Gasteiger partial charge is 0.410 e. The molecule has 1 fully saturated rings. The molecule has 6 rings (SSSR count). The van der Waals surface area contributed by atoms with E-state index in [0.717, 1.165) is 0 Å². The van der Waals surface area contributed by atoms with Gasteiger partial charge in [0.05, 0.1) is 16.7 Å². The highest BCUT2D eigenvalue weighted by Crippen LogP contribution is 2.34. The van der Waals surface area contributed by atoms with Gasteiger partial charge >= 0.3 is 6.09 Å². The number of anilines is 3. The van der Waals surface area contributed by atoms with E-state index in [1.54, 1.807) is 46.8 Å². The molecule has 0 spiro atoms. The first-order chi connectivity index (χ1) is 20.9. The van der Waals surface area contributed by atoms with Crippen molar-refractivity contribution in [1.82, 2.24) is 34.4 Å². The summed E-state index contributed by atoms with van der Waals surface area (Å²) in [5.74, 6) is 1.49. The lowest BCUT2D eigenvalue weighted by Crippen LogP contribution is -2.62. The van der Waals surface area contributed by atoms with Crippen LogP contribution in [0, 0.1) is 12.7 Å². The fourth-order valence-electron chi connectivity index (χ4n) is 5.19. The van der Waals surface area contributed by atoms with Crippen LogP contribution in [-0.2, 0) is 4.74 Å². The Morgan fingerprint density at radius 2 is 1.86 bits per heavy atom. The molecule has 12 nitrogen and oxygen atoms in total. The summed E-state index contributed by atoms with van der Waals surface area (Å²) in [7, 11) is 0. The maximum atomic E-state index is 15.6. The molecule has 0 radical (unpaired) electrons. The van der Waals surface area contributed by atoms with Crippen LogP contribution >= 0.6 is 0 Å². The number of nitrogens with zero attached hydrogens (tertiary/aromatic N) is 8. The molecule has 0 unspecified atom stereocenters. The summed E-state index contributed by atoms with van der Waals surface area (Å²) in [6.45, 7) is 12.8. The number of hydrogen-bond acceptors (Lipinski definition) is 10. The van der Waals surface area contributed by atoms with Gasteiger partial charge in [0.1, 0.15) is 41.1 Å². The number of nitrogens with one attached hydrogen (secondary N) is 1. The van der Waals surface area contributed by atoms with Crippen molar-refractivity contribution in [2.45, 2.75) is 52.7 Å². The van der Waals surface area contributed by atoms with E-state index in [9.17, 15) is 4.79 Å². The minimum atomic E-state index is -0.577. The molecule has 13 heteroatoms. The molecule has 1 aromatic carbocycles. The molecular weight excluding hydrogens is 565 g/mol. The maximum Gasteiger partial charge on any atom is 0.410 e. The SMILES string of the molecule is Cc1c(Oc2ccn3ncnc3c2)ccc(Nc2ncnc3ccc(N4CCN(C(=O)OC(C)(C)C)C(C)(C)C4)nc23)c1F. The minimum Gasteiger partial charge on any atom is -0.457 e. The van der Waals surface area contributed by atoms with Crippen molar-refractivity contribution in [1.29, 1.82) is 0 Å². The molecule has 0 saturated carbocycles. The van der Waals surface area contributed by atoms with Gasteiger partial charge in [-0.2, -0.15) is 5.10 Å². The lowest BCUT2D eigenvalue weighted by atomic mass is 9.99. The van der Waals surface area contributed by atoms with Gasteiger partial charge < -0.3 is 19.7 Å². The Labute approximate surface area is 253 Å². The summed E-state index contributed by atoms with van der Waals surface area (Å²) in [5.41, 5.74) is 1.20. The Kier molecular flexibility index (Phi) is 7.18. The zero-order valence-electron chi connectivity index (χ0n) is 25.5. The van der Waals surface area contributed by atoms with E-state index in [-0.39, 0.29) is 11.8 Å². The molecule has 0 aliphatic carbocycles. The minimum absolute atomic E-state index is 0.224. The third kappa shape index (κ3) is 5.77. The second-order valence-electron chi connectivity index (χ2n) is 12.3. The summed E-state index contributed by atoms with van der Waals surface area (Å²) in [6, 6.07) is 10.5. The highest BCUT2D eigenvalue weighted by Gasteiger charge is 2.39. The van der Waals surface area contributed by atoms with Gasteiger partial charge in [-0.15, -0.1) is 0 Å². The molecule has 228 valence electrons. The Morgan fingerprint density at radius 1 is 1.05 bits per heavy atom. The van der Waals surface area contributed by atoms with Gasteiger partial charge in [0.15, 0.2) is 17.3 Å². The normalized spacial score (nSPS) is 15.1. The van der Waals surface area contributed by atoms with Gasteiger partial charge in [-0.1, -0.05) is 0 Å². The molecule has 1 saturated heterocycles. The summed E-state index contributed by atoms with van der Waals surface area (Å²) in [4.78, 5) is 34.5. The molecule has 0 atom stereocenters. The molecule has 5 aromatic rings. The van der Waals surface area contributed by atoms with Gasteiger partial charge in [0.2, 0.25) is 0 Å². The van der Waals surface area contributed by atoms with E-state index in [2.05, 4.69) is 30.3 Å². The molecule has 1 N–H and O–H groups in total. The molecule has 1 aliphatic rings. The maximum absolute atomic E-state index is 15.6. The molecular formula is C31H34FN9O3. The Hall–Kier alpha value is -5.07. The molecule has 44 heavy (non-hydrogen) atoms. The van der Waals surface area contributed by atoms with Crippen molar-refractivity contribution in [2.24, 2.45) is 0 Å². The summed E-state index contributed by atoms with van der Waals surface area (Å²) < 4.78 is 28.8. The fraction of sp³-hybridized carbons (Fsp3) is 0.355. The highest BCUT2D eigenvalue weighted by atomic mass is 19.1. The number of fused-ring (bicyclic) bond motifs is 2. The van der Waals surface area contributed by atoms with Crippen molar-refractivity contribution in [3.8, 4) is 11.5 Å². The van der Waals surface area contributed by atoms with Crippen molar-refractivity contribution in [2.75, 3.05) is 29.9 Å². The number of ether oxygens (including phenoxy) is 2. The number of pyridine rings is 2. The molecule has 0 bridgehead atoms. The number of benzene rings is 1. The van der Waals surface area contributed by atoms with Gasteiger partial charge in [-0.25, -0.2) is 33.6 Å². The average Bonchev–Trinajstić information content (AvgIpc) is 3.43. The predicted octanol–water partition coefficient (Wildman–Crippen LogP) is 5.89. The van der Waals surface area contributed by atoms with Crippen LogP contribution in [0.5, 0.6) is 11.5 Å². The third-order valence-corrected chi connectivity index (χ3v) is 7.38. The first-order valence-corrected chi connectivity index (χ1v) is 14.3. The Bertz CT molecular complexity index is 1870. The lowest BCUT2D eigenvalue weighted by Gasteiger charge is -2.47. The second kappa shape index (κ2) is 10.9.